The normalized spacial score (nSPS) is 19.9. The zero-order valence-electron chi connectivity index (χ0n) is 18.1. The average Bonchev–Trinajstić information content (AvgIpc) is 3.30. The smallest absolute Gasteiger partial charge is 0.246 e. The van der Waals surface area contributed by atoms with Gasteiger partial charge in [-0.15, -0.1) is 0 Å². The third-order valence-electron chi connectivity index (χ3n) is 6.25. The lowest BCUT2D eigenvalue weighted by molar-refractivity contribution is -0.0352. The minimum Gasteiger partial charge on any atom is -0.379 e. The molecule has 0 spiro atoms. The van der Waals surface area contributed by atoms with Gasteiger partial charge in [0.15, 0.2) is 5.96 Å². The molecule has 1 saturated carbocycles. The van der Waals surface area contributed by atoms with E-state index >= 15 is 0 Å². The highest BCUT2D eigenvalue weighted by Crippen LogP contribution is 2.33. The number of halogens is 1. The van der Waals surface area contributed by atoms with Crippen molar-refractivity contribution in [1.29, 1.82) is 0 Å². The molecule has 0 atom stereocenters. The van der Waals surface area contributed by atoms with Crippen LogP contribution < -0.4 is 10.6 Å². The molecule has 0 radical (unpaired) electrons. The zero-order chi connectivity index (χ0) is 21.5. The highest BCUT2D eigenvalue weighted by molar-refractivity contribution is 6.30. The fraction of sp³-hybridized carbons (Fsp3) is 0.591. The van der Waals surface area contributed by atoms with Crippen LogP contribution >= 0.6 is 11.6 Å². The molecule has 4 rings (SSSR count). The third-order valence-corrected chi connectivity index (χ3v) is 6.50. The maximum absolute atomic E-state index is 5.95. The maximum Gasteiger partial charge on any atom is 0.246 e. The number of nitrogens with zero attached hydrogens (tertiary/aromatic N) is 4. The van der Waals surface area contributed by atoms with Crippen molar-refractivity contribution in [2.75, 3.05) is 39.9 Å². The Morgan fingerprint density at radius 1 is 1.13 bits per heavy atom. The summed E-state index contributed by atoms with van der Waals surface area (Å²) in [5.41, 5.74) is 1.04. The van der Waals surface area contributed by atoms with Crippen molar-refractivity contribution < 1.29 is 9.26 Å². The number of guanidine groups is 1. The first-order valence-electron chi connectivity index (χ1n) is 11.0. The number of nitrogens with one attached hydrogen (secondary N) is 2. The molecule has 1 aliphatic carbocycles. The van der Waals surface area contributed by atoms with Gasteiger partial charge in [0, 0.05) is 42.8 Å². The Morgan fingerprint density at radius 3 is 2.58 bits per heavy atom. The highest BCUT2D eigenvalue weighted by Gasteiger charge is 2.38. The molecule has 2 aromatic rings. The van der Waals surface area contributed by atoms with Crippen molar-refractivity contribution in [3.05, 3.63) is 35.2 Å². The molecule has 8 nitrogen and oxygen atoms in total. The number of hydrogen-bond acceptors (Lipinski definition) is 6. The molecule has 9 heteroatoms. The quantitative estimate of drug-likeness (QED) is 0.520. The molecule has 2 aliphatic rings. The fourth-order valence-corrected chi connectivity index (χ4v) is 4.65. The van der Waals surface area contributed by atoms with Crippen LogP contribution in [0.5, 0.6) is 0 Å². The first-order chi connectivity index (χ1) is 15.2. The van der Waals surface area contributed by atoms with E-state index in [1.807, 2.05) is 24.3 Å². The van der Waals surface area contributed by atoms with Crippen molar-refractivity contribution in [1.82, 2.24) is 25.7 Å². The molecule has 1 aromatic carbocycles. The van der Waals surface area contributed by atoms with E-state index in [1.165, 1.54) is 32.1 Å². The van der Waals surface area contributed by atoms with Crippen LogP contribution in [-0.4, -0.2) is 66.4 Å². The number of rotatable bonds is 6. The van der Waals surface area contributed by atoms with E-state index < -0.39 is 0 Å². The van der Waals surface area contributed by atoms with Crippen LogP contribution in [-0.2, 0) is 11.3 Å². The van der Waals surface area contributed by atoms with Gasteiger partial charge in [-0.3, -0.25) is 9.89 Å². The van der Waals surface area contributed by atoms with Gasteiger partial charge in [-0.1, -0.05) is 36.0 Å². The predicted octanol–water partition coefficient (Wildman–Crippen LogP) is 3.09. The Hall–Kier alpha value is -2.16. The molecule has 0 unspecified atom stereocenters. The largest absolute Gasteiger partial charge is 0.379 e. The lowest BCUT2D eigenvalue weighted by atomic mass is 9.80. The molecule has 31 heavy (non-hydrogen) atoms. The Balaban J connectivity index is 1.33. The Morgan fingerprint density at radius 2 is 1.87 bits per heavy atom. The minimum atomic E-state index is 0.173. The molecule has 2 N–H and O–H groups in total. The number of morpholine rings is 1. The van der Waals surface area contributed by atoms with Crippen LogP contribution in [0.3, 0.4) is 0 Å². The predicted molar refractivity (Wildman–Crippen MR) is 121 cm³/mol. The molecule has 2 fully saturated rings. The Kier molecular flexibility index (Phi) is 7.42. The summed E-state index contributed by atoms with van der Waals surface area (Å²) < 4.78 is 11.0. The molecule has 1 aliphatic heterocycles. The topological polar surface area (TPSA) is 87.8 Å². The van der Waals surface area contributed by atoms with E-state index in [0.29, 0.717) is 23.3 Å². The molecule has 0 bridgehead atoms. The first-order valence-corrected chi connectivity index (χ1v) is 11.4. The Bertz CT molecular complexity index is 857. The van der Waals surface area contributed by atoms with Gasteiger partial charge in [-0.05, 0) is 37.1 Å². The van der Waals surface area contributed by atoms with Gasteiger partial charge in [-0.25, -0.2) is 0 Å². The van der Waals surface area contributed by atoms with Gasteiger partial charge >= 0.3 is 0 Å². The number of hydrogen-bond donors (Lipinski definition) is 2. The van der Waals surface area contributed by atoms with Crippen LogP contribution in [0.1, 0.15) is 38.0 Å². The number of benzene rings is 1. The van der Waals surface area contributed by atoms with E-state index in [1.54, 1.807) is 7.05 Å². The van der Waals surface area contributed by atoms with Gasteiger partial charge in [0.1, 0.15) is 0 Å². The van der Waals surface area contributed by atoms with E-state index in [-0.39, 0.29) is 5.54 Å². The van der Waals surface area contributed by atoms with Crippen molar-refractivity contribution in [3.63, 3.8) is 0 Å². The molecule has 1 aromatic heterocycles. The SMILES string of the molecule is CN=C(NCc1nc(-c2ccc(Cl)cc2)no1)NCC1(N2CCOCC2)CCCCC1. The number of ether oxygens (including phenoxy) is 1. The summed E-state index contributed by atoms with van der Waals surface area (Å²) in [6, 6.07) is 7.37. The lowest BCUT2D eigenvalue weighted by Gasteiger charge is -2.48. The summed E-state index contributed by atoms with van der Waals surface area (Å²) >= 11 is 5.95. The van der Waals surface area contributed by atoms with E-state index in [9.17, 15) is 0 Å². The van der Waals surface area contributed by atoms with Crippen molar-refractivity contribution >= 4 is 17.6 Å². The standard InChI is InChI=1S/C22H31ClN6O2/c1-24-21(25-15-19-27-20(28-31-19)17-5-7-18(23)8-6-17)26-16-22(9-3-2-4-10-22)29-11-13-30-14-12-29/h5-8H,2-4,9-16H2,1H3,(H2,24,25,26). The Labute approximate surface area is 188 Å². The second-order valence-electron chi connectivity index (χ2n) is 8.18. The maximum atomic E-state index is 5.95. The van der Waals surface area contributed by atoms with Crippen molar-refractivity contribution in [2.45, 2.75) is 44.2 Å². The second kappa shape index (κ2) is 10.4. The third kappa shape index (κ3) is 5.56. The molecule has 168 valence electrons. The monoisotopic (exact) mass is 446 g/mol. The summed E-state index contributed by atoms with van der Waals surface area (Å²) in [6.45, 7) is 4.92. The number of aromatic nitrogens is 2. The van der Waals surface area contributed by atoms with Gasteiger partial charge in [0.25, 0.3) is 0 Å². The molecular weight excluding hydrogens is 416 g/mol. The van der Waals surface area contributed by atoms with Gasteiger partial charge in [0.05, 0.1) is 19.8 Å². The summed E-state index contributed by atoms with van der Waals surface area (Å²) in [5.74, 6) is 1.79. The van der Waals surface area contributed by atoms with Crippen LogP contribution in [0.2, 0.25) is 5.02 Å². The summed E-state index contributed by atoms with van der Waals surface area (Å²) in [7, 11) is 1.78. The van der Waals surface area contributed by atoms with E-state index in [4.69, 9.17) is 20.9 Å². The second-order valence-corrected chi connectivity index (χ2v) is 8.62. The highest BCUT2D eigenvalue weighted by atomic mass is 35.5. The molecule has 1 saturated heterocycles. The molecule has 0 amide bonds. The van der Waals surface area contributed by atoms with E-state index in [0.717, 1.165) is 44.4 Å². The van der Waals surface area contributed by atoms with Gasteiger partial charge in [0.2, 0.25) is 11.7 Å². The lowest BCUT2D eigenvalue weighted by Crippen LogP contribution is -2.60. The van der Waals surface area contributed by atoms with Crippen molar-refractivity contribution in [2.24, 2.45) is 4.99 Å². The summed E-state index contributed by atoms with van der Waals surface area (Å²) in [5, 5.41) is 11.6. The molecular formula is C22H31ClN6O2. The molecule has 2 heterocycles. The van der Waals surface area contributed by atoms with Crippen LogP contribution in [0.15, 0.2) is 33.8 Å². The zero-order valence-corrected chi connectivity index (χ0v) is 18.8. The first kappa shape index (κ1) is 22.0. The number of aliphatic imine (C=N–C) groups is 1. The summed E-state index contributed by atoms with van der Waals surface area (Å²) in [4.78, 5) is 11.5. The minimum absolute atomic E-state index is 0.173. The summed E-state index contributed by atoms with van der Waals surface area (Å²) in [6.07, 6.45) is 6.31. The van der Waals surface area contributed by atoms with Crippen LogP contribution in [0.25, 0.3) is 11.4 Å². The van der Waals surface area contributed by atoms with Gasteiger partial charge < -0.3 is 19.9 Å². The van der Waals surface area contributed by atoms with Gasteiger partial charge in [-0.2, -0.15) is 4.98 Å². The van der Waals surface area contributed by atoms with Crippen LogP contribution in [0, 0.1) is 0 Å². The fourth-order valence-electron chi connectivity index (χ4n) is 4.52. The van der Waals surface area contributed by atoms with Crippen molar-refractivity contribution in [3.8, 4) is 11.4 Å². The van der Waals surface area contributed by atoms with E-state index in [2.05, 4.69) is 30.7 Å². The average molecular weight is 447 g/mol. The van der Waals surface area contributed by atoms with Crippen LogP contribution in [0.4, 0.5) is 0 Å².